The van der Waals surface area contributed by atoms with E-state index in [9.17, 15) is 0 Å². The molecule has 10 heteroatoms. The maximum atomic E-state index is 6.42. The minimum atomic E-state index is -1.69. The van der Waals surface area contributed by atoms with Crippen molar-refractivity contribution in [2.75, 3.05) is 27.2 Å². The predicted octanol–water partition coefficient (Wildman–Crippen LogP) is 3.39. The van der Waals surface area contributed by atoms with Crippen molar-refractivity contribution >= 4 is 91.5 Å². The molecule has 0 amide bonds. The van der Waals surface area contributed by atoms with Crippen LogP contribution >= 0.6 is 8.40 Å². The van der Waals surface area contributed by atoms with Crippen LogP contribution in [-0.4, -0.2) is 109 Å². The van der Waals surface area contributed by atoms with Crippen LogP contribution in [0.25, 0.3) is 0 Å². The summed E-state index contributed by atoms with van der Waals surface area (Å²) in [5, 5.41) is 2.49. The quantitative estimate of drug-likeness (QED) is 0.0847. The molecule has 0 aliphatic heterocycles. The van der Waals surface area contributed by atoms with E-state index in [2.05, 4.69) is 182 Å². The van der Waals surface area contributed by atoms with Crippen LogP contribution in [-0.2, 0) is 12.8 Å². The van der Waals surface area contributed by atoms with E-state index >= 15 is 0 Å². The van der Waals surface area contributed by atoms with Crippen LogP contribution < -0.4 is 22.1 Å². The van der Waals surface area contributed by atoms with Crippen LogP contribution in [0.2, 0.25) is 0 Å². The van der Waals surface area contributed by atoms with Crippen LogP contribution in [0.1, 0.15) is 11.1 Å². The summed E-state index contributed by atoms with van der Waals surface area (Å²) in [6.45, 7) is 1.82. The molecule has 0 heterocycles. The molecule has 0 bridgehead atoms. The average Bonchev–Trinajstić information content (AvgIpc) is 3.03. The Labute approximate surface area is 282 Å². The Hall–Kier alpha value is -1.24. The second kappa shape index (κ2) is 17.3. The molecule has 4 rings (SSSR count). The molecule has 42 heavy (non-hydrogen) atoms. The van der Waals surface area contributed by atoms with Crippen LogP contribution in [0.15, 0.2) is 121 Å². The SMILES string of the molecule is C[N+](CCc1ccccc1)=C(N)[P@@](=[Se])([Se-])c1ccccc1.C[N+](CCc1ccccc1)=C(N)[P@](=[Se])([Se-])c1ccccc1. The number of nitrogens with zero attached hydrogens (tertiary/aromatic N) is 2. The van der Waals surface area contributed by atoms with Crippen LogP contribution in [0, 0.1) is 0 Å². The molecule has 0 spiro atoms. The van der Waals surface area contributed by atoms with Crippen molar-refractivity contribution in [2.24, 2.45) is 11.5 Å². The molecule has 0 saturated carbocycles. The van der Waals surface area contributed by atoms with Crippen molar-refractivity contribution < 1.29 is 9.15 Å². The van der Waals surface area contributed by atoms with Gasteiger partial charge < -0.3 is 0 Å². The standard InChI is InChI=1S/2C16H19N2PSe2/c2*1-18(13-12-14-8-4-2-5-9-14)16(17)19(20,21)15-10-6-3-7-11-15/h2*2-11,17H,12-13H2,1H3,(H,20,21). The molecular formula is C32H38N4P2Se4. The number of amidine groups is 2. The van der Waals surface area contributed by atoms with Gasteiger partial charge in [0.15, 0.2) is 0 Å². The van der Waals surface area contributed by atoms with Gasteiger partial charge in [0.1, 0.15) is 0 Å². The average molecular weight is 856 g/mol. The Morgan fingerprint density at radius 1 is 0.548 bits per heavy atom. The second-order valence-corrected chi connectivity index (χ2v) is 34.8. The van der Waals surface area contributed by atoms with Gasteiger partial charge in [0.25, 0.3) is 0 Å². The van der Waals surface area contributed by atoms with E-state index in [1.54, 1.807) is 0 Å². The summed E-state index contributed by atoms with van der Waals surface area (Å²) in [6.07, 6.45) is 1.99. The first-order valence-corrected chi connectivity index (χ1v) is 26.0. The maximum absolute atomic E-state index is 6.42. The van der Waals surface area contributed by atoms with Crippen molar-refractivity contribution in [3.8, 4) is 0 Å². The fraction of sp³-hybridized carbons (Fsp3) is 0.188. The summed E-state index contributed by atoms with van der Waals surface area (Å²) < 4.78 is 0.921. The molecule has 4 N–H and O–H groups in total. The molecule has 0 saturated heterocycles. The van der Waals surface area contributed by atoms with Gasteiger partial charge in [0.2, 0.25) is 0 Å². The first kappa shape index (κ1) is 35.2. The summed E-state index contributed by atoms with van der Waals surface area (Å²) in [7, 11) is 4.12. The van der Waals surface area contributed by atoms with Gasteiger partial charge in [-0.1, -0.05) is 0 Å². The molecule has 4 aromatic carbocycles. The van der Waals surface area contributed by atoms with Crippen LogP contribution in [0.4, 0.5) is 0 Å². The van der Waals surface area contributed by atoms with Crippen molar-refractivity contribution in [2.45, 2.75) is 12.8 Å². The Balaban J connectivity index is 0.000000230. The zero-order valence-corrected chi connectivity index (χ0v) is 32.6. The second-order valence-electron chi connectivity index (χ2n) is 9.80. The zero-order valence-electron chi connectivity index (χ0n) is 24.0. The Kier molecular flexibility index (Phi) is 14.5. The van der Waals surface area contributed by atoms with Gasteiger partial charge in [-0.15, -0.1) is 0 Å². The van der Waals surface area contributed by atoms with Crippen molar-refractivity contribution in [1.29, 1.82) is 0 Å². The van der Waals surface area contributed by atoms with Gasteiger partial charge in [-0.2, -0.15) is 0 Å². The predicted molar refractivity (Wildman–Crippen MR) is 190 cm³/mol. The topological polar surface area (TPSA) is 58.1 Å². The molecule has 2 atom stereocenters. The molecule has 4 nitrogen and oxygen atoms in total. The molecule has 0 unspecified atom stereocenters. The number of likely N-dealkylation sites (N-methyl/N-ethyl adjacent to an activating group) is 2. The van der Waals surface area contributed by atoms with Crippen molar-refractivity contribution in [1.82, 2.24) is 0 Å². The van der Waals surface area contributed by atoms with E-state index in [1.807, 2.05) is 24.3 Å². The van der Waals surface area contributed by atoms with Gasteiger partial charge in [-0.3, -0.25) is 0 Å². The van der Waals surface area contributed by atoms with Crippen LogP contribution in [0.3, 0.4) is 0 Å². The first-order valence-electron chi connectivity index (χ1n) is 13.5. The third-order valence-electron chi connectivity index (χ3n) is 6.74. The summed E-state index contributed by atoms with van der Waals surface area (Å²) in [5.41, 5.74) is 17.3. The first-order chi connectivity index (χ1) is 20.0. The monoisotopic (exact) mass is 860 g/mol. The zero-order chi connectivity index (χ0) is 30.6. The Morgan fingerprint density at radius 3 is 1.10 bits per heavy atom. The molecular weight excluding hydrogens is 818 g/mol. The summed E-state index contributed by atoms with van der Waals surface area (Å²) in [6, 6.07) is 41.7. The van der Waals surface area contributed by atoms with E-state index in [4.69, 9.17) is 11.5 Å². The molecule has 4 aromatic rings. The molecule has 0 fully saturated rings. The van der Waals surface area contributed by atoms with E-state index in [0.29, 0.717) is 0 Å². The minimum absolute atomic E-state index is 0.907. The van der Waals surface area contributed by atoms with E-state index in [-0.39, 0.29) is 0 Å². The molecule has 0 aliphatic rings. The molecule has 0 aliphatic carbocycles. The van der Waals surface area contributed by atoms with Gasteiger partial charge >= 0.3 is 285 Å². The normalized spacial score (nSPS) is 15.1. The third-order valence-corrected chi connectivity index (χ3v) is 20.6. The Morgan fingerprint density at radius 2 is 0.810 bits per heavy atom. The van der Waals surface area contributed by atoms with E-state index in [1.165, 1.54) is 21.7 Å². The number of hydrogen-bond acceptors (Lipinski definition) is 0. The van der Waals surface area contributed by atoms with Crippen LogP contribution in [0.5, 0.6) is 0 Å². The Bertz CT molecular complexity index is 1460. The van der Waals surface area contributed by atoms with Gasteiger partial charge in [0, 0.05) is 0 Å². The molecule has 0 radical (unpaired) electrons. The summed E-state index contributed by atoms with van der Waals surface area (Å²) in [5.74, 6) is 0. The fourth-order valence-corrected chi connectivity index (χ4v) is 13.4. The number of nitrogens with two attached hydrogens (primary N) is 2. The number of hydrogen-bond donors (Lipinski definition) is 2. The number of rotatable bonds is 10. The fourth-order valence-electron chi connectivity index (χ4n) is 4.07. The van der Waals surface area contributed by atoms with Gasteiger partial charge in [0.05, 0.1) is 0 Å². The molecule has 220 valence electrons. The summed E-state index contributed by atoms with van der Waals surface area (Å²) in [4.78, 5) is 0. The number of benzene rings is 4. The van der Waals surface area contributed by atoms with Crippen molar-refractivity contribution in [3.05, 3.63) is 132 Å². The van der Waals surface area contributed by atoms with Crippen molar-refractivity contribution in [3.63, 3.8) is 0 Å². The molecule has 0 aromatic heterocycles. The summed E-state index contributed by atoms with van der Waals surface area (Å²) >= 11 is 13.2. The van der Waals surface area contributed by atoms with Gasteiger partial charge in [-0.25, -0.2) is 0 Å². The third kappa shape index (κ3) is 10.4. The van der Waals surface area contributed by atoms with Gasteiger partial charge in [-0.05, 0) is 0 Å². The van der Waals surface area contributed by atoms with E-state index < -0.39 is 8.40 Å². The van der Waals surface area contributed by atoms with E-state index in [0.717, 1.165) is 37.1 Å².